The lowest BCUT2D eigenvalue weighted by Gasteiger charge is -1.97. The lowest BCUT2D eigenvalue weighted by Crippen LogP contribution is -1.77. The molecule has 0 saturated heterocycles. The molecule has 0 spiro atoms. The topological polar surface area (TPSA) is 0 Å². The fourth-order valence-corrected chi connectivity index (χ4v) is 2.34. The van der Waals surface area contributed by atoms with Crippen LogP contribution in [0.4, 0.5) is 0 Å². The molecule has 24 heavy (non-hydrogen) atoms. The monoisotopic (exact) mass is 327 g/mol. The standard InChI is InChI=1S/C24H39/c1-3-5-7-9-11-13-15-17-19-21-23-24-22-20-18-16-14-12-10-8-6-4-2/h6,8,12,14,17-20,23-24H,1,3-5,7,9-11,13,15-16,21-22H2,2H3/b8-6-,14-12-,19-17-,20-18-,24-23-. The molecule has 0 bridgehead atoms. The Morgan fingerprint density at radius 1 is 0.500 bits per heavy atom. The largest absolute Gasteiger partial charge is 0.0885 e. The molecular weight excluding hydrogens is 288 g/mol. The summed E-state index contributed by atoms with van der Waals surface area (Å²) in [7, 11) is 0. The lowest BCUT2D eigenvalue weighted by molar-refractivity contribution is 0.621. The Labute approximate surface area is 152 Å². The van der Waals surface area contributed by atoms with Gasteiger partial charge in [0.05, 0.1) is 0 Å². The Bertz CT molecular complexity index is 365. The highest BCUT2D eigenvalue weighted by Gasteiger charge is 1.87. The maximum Gasteiger partial charge on any atom is -0.0169 e. The van der Waals surface area contributed by atoms with Gasteiger partial charge in [-0.3, -0.25) is 0 Å². The normalized spacial score (nSPS) is 12.9. The summed E-state index contributed by atoms with van der Waals surface area (Å²) >= 11 is 0. The summed E-state index contributed by atoms with van der Waals surface area (Å²) in [6.07, 6.45) is 37.0. The van der Waals surface area contributed by atoms with Crippen LogP contribution in [0.25, 0.3) is 0 Å². The molecule has 0 aliphatic carbocycles. The van der Waals surface area contributed by atoms with Crippen LogP contribution < -0.4 is 0 Å². The van der Waals surface area contributed by atoms with Crippen molar-refractivity contribution < 1.29 is 0 Å². The van der Waals surface area contributed by atoms with Gasteiger partial charge in [0, 0.05) is 0 Å². The first-order valence-electron chi connectivity index (χ1n) is 9.96. The average molecular weight is 328 g/mol. The summed E-state index contributed by atoms with van der Waals surface area (Å²) in [6, 6.07) is 0. The van der Waals surface area contributed by atoms with E-state index in [1.165, 1.54) is 38.5 Å². The van der Waals surface area contributed by atoms with E-state index in [1.54, 1.807) is 0 Å². The van der Waals surface area contributed by atoms with Crippen molar-refractivity contribution in [3.63, 3.8) is 0 Å². The number of allylic oxidation sites excluding steroid dienone is 10. The van der Waals surface area contributed by atoms with E-state index in [0.29, 0.717) is 0 Å². The molecular formula is C24H39. The second kappa shape index (κ2) is 21.7. The van der Waals surface area contributed by atoms with Crippen LogP contribution in [-0.4, -0.2) is 0 Å². The zero-order chi connectivity index (χ0) is 17.6. The van der Waals surface area contributed by atoms with E-state index in [9.17, 15) is 0 Å². The van der Waals surface area contributed by atoms with Gasteiger partial charge in [-0.25, -0.2) is 0 Å². The molecule has 0 unspecified atom stereocenters. The first kappa shape index (κ1) is 22.7. The molecule has 0 aromatic rings. The predicted octanol–water partition coefficient (Wildman–Crippen LogP) is 8.30. The van der Waals surface area contributed by atoms with Crippen LogP contribution in [0, 0.1) is 6.92 Å². The highest BCUT2D eigenvalue weighted by molar-refractivity contribution is 5.00. The quantitative estimate of drug-likeness (QED) is 0.197. The molecule has 0 aromatic carbocycles. The highest BCUT2D eigenvalue weighted by Crippen LogP contribution is 2.07. The predicted molar refractivity (Wildman–Crippen MR) is 112 cm³/mol. The van der Waals surface area contributed by atoms with E-state index < -0.39 is 0 Å². The minimum absolute atomic E-state index is 1.04. The van der Waals surface area contributed by atoms with Gasteiger partial charge >= 0.3 is 0 Å². The minimum Gasteiger partial charge on any atom is -0.0885 e. The highest BCUT2D eigenvalue weighted by atomic mass is 13.9. The van der Waals surface area contributed by atoms with Gasteiger partial charge in [-0.1, -0.05) is 107 Å². The molecule has 0 heteroatoms. The van der Waals surface area contributed by atoms with Crippen molar-refractivity contribution in [2.24, 2.45) is 0 Å². The number of hydrogen-bond donors (Lipinski definition) is 0. The summed E-state index contributed by atoms with van der Waals surface area (Å²) in [5.41, 5.74) is 0. The smallest absolute Gasteiger partial charge is 0.0169 e. The van der Waals surface area contributed by atoms with Crippen LogP contribution in [0.5, 0.6) is 0 Å². The summed E-state index contributed by atoms with van der Waals surface area (Å²) in [5.74, 6) is 0. The molecule has 0 nitrogen and oxygen atoms in total. The molecule has 0 fully saturated rings. The van der Waals surface area contributed by atoms with Crippen molar-refractivity contribution in [3.8, 4) is 0 Å². The van der Waals surface area contributed by atoms with Crippen molar-refractivity contribution >= 4 is 0 Å². The van der Waals surface area contributed by atoms with Gasteiger partial charge in [0.25, 0.3) is 0 Å². The lowest BCUT2D eigenvalue weighted by atomic mass is 10.1. The molecule has 1 radical (unpaired) electrons. The van der Waals surface area contributed by atoms with E-state index in [-0.39, 0.29) is 0 Å². The Kier molecular flexibility index (Phi) is 20.5. The van der Waals surface area contributed by atoms with Gasteiger partial charge in [0.2, 0.25) is 0 Å². The summed E-state index contributed by atoms with van der Waals surface area (Å²) in [5, 5.41) is 0. The van der Waals surface area contributed by atoms with Gasteiger partial charge in [-0.2, -0.15) is 0 Å². The molecule has 0 heterocycles. The van der Waals surface area contributed by atoms with Gasteiger partial charge in [0.1, 0.15) is 0 Å². The van der Waals surface area contributed by atoms with Crippen LogP contribution >= 0.6 is 0 Å². The van der Waals surface area contributed by atoms with Crippen molar-refractivity contribution in [2.45, 2.75) is 84.0 Å². The maximum absolute atomic E-state index is 3.88. The van der Waals surface area contributed by atoms with E-state index >= 15 is 0 Å². The van der Waals surface area contributed by atoms with Crippen LogP contribution in [0.3, 0.4) is 0 Å². The van der Waals surface area contributed by atoms with Crippen molar-refractivity contribution in [1.29, 1.82) is 0 Å². The van der Waals surface area contributed by atoms with E-state index in [1.807, 2.05) is 0 Å². The fourth-order valence-electron chi connectivity index (χ4n) is 2.34. The van der Waals surface area contributed by atoms with Gasteiger partial charge in [-0.15, -0.1) is 0 Å². The van der Waals surface area contributed by atoms with E-state index in [4.69, 9.17) is 0 Å². The third kappa shape index (κ3) is 20.7. The Balaban J connectivity index is 3.37. The molecule has 0 aromatic heterocycles. The van der Waals surface area contributed by atoms with Crippen LogP contribution in [0.1, 0.15) is 84.0 Å². The molecule has 0 aliphatic heterocycles. The minimum atomic E-state index is 1.04. The van der Waals surface area contributed by atoms with Gasteiger partial charge in [-0.05, 0) is 44.9 Å². The zero-order valence-corrected chi connectivity index (χ0v) is 16.0. The van der Waals surface area contributed by atoms with Gasteiger partial charge in [0.15, 0.2) is 0 Å². The SMILES string of the molecule is [CH2]CCCCCCC/C=C\C/C=C\C/C=C\C/C=C\C/C=C\CC. The van der Waals surface area contributed by atoms with Crippen molar-refractivity contribution in [3.05, 3.63) is 67.7 Å². The second-order valence-corrected chi connectivity index (χ2v) is 6.12. The summed E-state index contributed by atoms with van der Waals surface area (Å²) in [6.45, 7) is 6.05. The summed E-state index contributed by atoms with van der Waals surface area (Å²) < 4.78 is 0. The average Bonchev–Trinajstić information content (AvgIpc) is 2.60. The fraction of sp³-hybridized carbons (Fsp3) is 0.542. The number of hydrogen-bond acceptors (Lipinski definition) is 0. The van der Waals surface area contributed by atoms with Crippen molar-refractivity contribution in [2.75, 3.05) is 0 Å². The first-order chi connectivity index (χ1) is 11.9. The second-order valence-electron chi connectivity index (χ2n) is 6.12. The maximum atomic E-state index is 3.88. The number of unbranched alkanes of at least 4 members (excludes halogenated alkanes) is 6. The summed E-state index contributed by atoms with van der Waals surface area (Å²) in [4.78, 5) is 0. The number of rotatable bonds is 16. The third-order valence-corrected chi connectivity index (χ3v) is 3.78. The Morgan fingerprint density at radius 3 is 1.42 bits per heavy atom. The molecule has 0 rings (SSSR count). The molecule has 0 atom stereocenters. The molecule has 0 saturated carbocycles. The Morgan fingerprint density at radius 2 is 0.917 bits per heavy atom. The van der Waals surface area contributed by atoms with E-state index in [2.05, 4.69) is 74.6 Å². The molecule has 0 aliphatic rings. The molecule has 0 N–H and O–H groups in total. The van der Waals surface area contributed by atoms with Crippen molar-refractivity contribution in [1.82, 2.24) is 0 Å². The van der Waals surface area contributed by atoms with E-state index in [0.717, 1.165) is 38.5 Å². The van der Waals surface area contributed by atoms with Crippen LogP contribution in [-0.2, 0) is 0 Å². The molecule has 135 valence electrons. The van der Waals surface area contributed by atoms with Crippen LogP contribution in [0.2, 0.25) is 0 Å². The van der Waals surface area contributed by atoms with Crippen LogP contribution in [0.15, 0.2) is 60.8 Å². The molecule has 0 amide bonds. The Hall–Kier alpha value is -1.30. The third-order valence-electron chi connectivity index (χ3n) is 3.78. The zero-order valence-electron chi connectivity index (χ0n) is 16.0. The van der Waals surface area contributed by atoms with Gasteiger partial charge < -0.3 is 0 Å². The first-order valence-corrected chi connectivity index (χ1v) is 9.96.